The van der Waals surface area contributed by atoms with Gasteiger partial charge in [0.15, 0.2) is 0 Å². The third kappa shape index (κ3) is 1.67. The van der Waals surface area contributed by atoms with Crippen LogP contribution in [-0.2, 0) is 14.3 Å². The minimum atomic E-state index is -0.619. The molecule has 0 heterocycles. The Kier molecular flexibility index (Phi) is 2.84. The van der Waals surface area contributed by atoms with Gasteiger partial charge in [-0.2, -0.15) is 0 Å². The van der Waals surface area contributed by atoms with Crippen LogP contribution in [0.2, 0.25) is 0 Å². The predicted molar refractivity (Wildman–Crippen MR) is 92.9 cm³/mol. The van der Waals surface area contributed by atoms with Crippen molar-refractivity contribution < 1.29 is 19.1 Å². The fourth-order valence-electron chi connectivity index (χ4n) is 7.50. The topological polar surface area (TPSA) is 84.5 Å². The lowest BCUT2D eigenvalue weighted by Gasteiger charge is -2.70. The SMILES string of the molecule is CC(C)(CNC(=O)[C@]12[C@@H]3[C@H]4C[C@@H]5[C@H](C(=O)[C@H]1[C@H]53)[C@H]42)NC(=O)OC(C)(C)C. The molecule has 6 aliphatic rings. The first-order valence-corrected chi connectivity index (χ1v) is 9.82. The van der Waals surface area contributed by atoms with E-state index in [0.717, 1.165) is 0 Å². The van der Waals surface area contributed by atoms with E-state index in [0.29, 0.717) is 41.9 Å². The Balaban J connectivity index is 1.23. The zero-order chi connectivity index (χ0) is 18.8. The lowest BCUT2D eigenvalue weighted by atomic mass is 9.31. The molecule has 8 atom stereocenters. The Morgan fingerprint density at radius 3 is 2.46 bits per heavy atom. The van der Waals surface area contributed by atoms with Crippen LogP contribution in [0.15, 0.2) is 0 Å². The number of carbonyl (C=O) groups excluding carboxylic acids is 3. The Morgan fingerprint density at radius 1 is 1.15 bits per heavy atom. The summed E-state index contributed by atoms with van der Waals surface area (Å²) >= 11 is 0. The lowest BCUT2D eigenvalue weighted by molar-refractivity contribution is -0.248. The van der Waals surface area contributed by atoms with Gasteiger partial charge in [0.25, 0.3) is 0 Å². The van der Waals surface area contributed by atoms with Gasteiger partial charge in [0, 0.05) is 18.4 Å². The molecule has 0 aromatic carbocycles. The van der Waals surface area contributed by atoms with Crippen molar-refractivity contribution in [2.45, 2.75) is 52.2 Å². The van der Waals surface area contributed by atoms with Crippen LogP contribution in [0.4, 0.5) is 4.79 Å². The number of alkyl carbamates (subject to hydrolysis) is 1. The third-order valence-electron chi connectivity index (χ3n) is 7.79. The first-order chi connectivity index (χ1) is 12.0. The smallest absolute Gasteiger partial charge is 0.408 e. The Bertz CT molecular complexity index is 739. The molecule has 2 N–H and O–H groups in total. The van der Waals surface area contributed by atoms with E-state index in [4.69, 9.17) is 4.74 Å². The highest BCUT2D eigenvalue weighted by Gasteiger charge is 2.96. The second-order valence-electron chi connectivity index (χ2n) is 10.7. The third-order valence-corrected chi connectivity index (χ3v) is 7.79. The van der Waals surface area contributed by atoms with Crippen LogP contribution in [0.25, 0.3) is 0 Å². The molecule has 6 nitrogen and oxygen atoms in total. The molecule has 0 aliphatic heterocycles. The van der Waals surface area contributed by atoms with Gasteiger partial charge >= 0.3 is 6.09 Å². The van der Waals surface area contributed by atoms with Gasteiger partial charge in [0.1, 0.15) is 11.4 Å². The molecule has 6 saturated carbocycles. The number of Topliss-reactive ketones (excluding diaryl/α,β-unsaturated/α-hetero) is 1. The van der Waals surface area contributed by atoms with Crippen molar-refractivity contribution >= 4 is 17.8 Å². The van der Waals surface area contributed by atoms with Crippen LogP contribution in [0.5, 0.6) is 0 Å². The quantitative estimate of drug-likeness (QED) is 0.800. The molecule has 0 spiro atoms. The standard InChI is InChI=1S/C20H28N2O4/c1-18(2,3)26-17(25)22-19(4,5)7-21-16(24)20-12-9-6-8-10(12)14(20)15(23)11(8)13(9)20/h8-14H,6-7H2,1-5H3,(H,21,24)(H,22,25)/t8-,9+,10+,11-,12+,13-,14+,20-/m0/s1. The maximum Gasteiger partial charge on any atom is 0.408 e. The zero-order valence-corrected chi connectivity index (χ0v) is 16.1. The van der Waals surface area contributed by atoms with Crippen molar-refractivity contribution in [2.75, 3.05) is 6.54 Å². The van der Waals surface area contributed by atoms with Crippen molar-refractivity contribution in [3.05, 3.63) is 0 Å². The molecule has 142 valence electrons. The second-order valence-corrected chi connectivity index (χ2v) is 10.7. The van der Waals surface area contributed by atoms with E-state index in [1.54, 1.807) is 0 Å². The van der Waals surface area contributed by atoms with Crippen LogP contribution in [0.1, 0.15) is 41.0 Å². The van der Waals surface area contributed by atoms with E-state index >= 15 is 0 Å². The fraction of sp³-hybridized carbons (Fsp3) is 0.850. The molecule has 6 fully saturated rings. The first kappa shape index (κ1) is 16.6. The first-order valence-electron chi connectivity index (χ1n) is 9.82. The van der Waals surface area contributed by atoms with Crippen molar-refractivity contribution in [1.82, 2.24) is 10.6 Å². The summed E-state index contributed by atoms with van der Waals surface area (Å²) in [5.41, 5.74) is -1.58. The van der Waals surface area contributed by atoms with E-state index in [1.165, 1.54) is 6.42 Å². The average molecular weight is 360 g/mol. The van der Waals surface area contributed by atoms with Gasteiger partial charge in [-0.05, 0) is 70.6 Å². The second kappa shape index (κ2) is 4.45. The van der Waals surface area contributed by atoms with Crippen molar-refractivity contribution in [1.29, 1.82) is 0 Å². The number of rotatable bonds is 4. The van der Waals surface area contributed by atoms with Gasteiger partial charge in [-0.1, -0.05) is 0 Å². The molecule has 4 bridgehead atoms. The van der Waals surface area contributed by atoms with Crippen LogP contribution in [0.3, 0.4) is 0 Å². The number of ketones is 1. The molecule has 6 aliphatic carbocycles. The highest BCUT2D eigenvalue weighted by atomic mass is 16.6. The fourth-order valence-corrected chi connectivity index (χ4v) is 7.50. The largest absolute Gasteiger partial charge is 0.444 e. The van der Waals surface area contributed by atoms with Crippen LogP contribution in [0, 0.1) is 46.8 Å². The summed E-state index contributed by atoms with van der Waals surface area (Å²) in [6.07, 6.45) is 0.686. The number of hydrogen-bond donors (Lipinski definition) is 2. The molecule has 0 saturated heterocycles. The van der Waals surface area contributed by atoms with Crippen molar-refractivity contribution in [3.63, 3.8) is 0 Å². The van der Waals surface area contributed by atoms with E-state index in [2.05, 4.69) is 10.6 Å². The van der Waals surface area contributed by atoms with Crippen molar-refractivity contribution in [3.8, 4) is 0 Å². The molecule has 2 amide bonds. The maximum absolute atomic E-state index is 13.1. The molecular weight excluding hydrogens is 332 g/mol. The summed E-state index contributed by atoms with van der Waals surface area (Å²) in [4.78, 5) is 37.7. The summed E-state index contributed by atoms with van der Waals surface area (Å²) in [5, 5.41) is 5.88. The minimum absolute atomic E-state index is 0.00632. The lowest BCUT2D eigenvalue weighted by Crippen LogP contribution is -2.75. The number of carbonyl (C=O) groups is 3. The molecule has 0 radical (unpaired) electrons. The minimum Gasteiger partial charge on any atom is -0.444 e. The van der Waals surface area contributed by atoms with E-state index in [9.17, 15) is 14.4 Å². The van der Waals surface area contributed by atoms with Gasteiger partial charge in [-0.3, -0.25) is 9.59 Å². The van der Waals surface area contributed by atoms with E-state index < -0.39 is 22.6 Å². The molecule has 26 heavy (non-hydrogen) atoms. The summed E-state index contributed by atoms with van der Waals surface area (Å²) in [6, 6.07) is 0. The normalized spacial score (nSPS) is 46.0. The van der Waals surface area contributed by atoms with Crippen molar-refractivity contribution in [2.24, 2.45) is 46.8 Å². The van der Waals surface area contributed by atoms with Crippen LogP contribution < -0.4 is 10.6 Å². The number of amides is 2. The highest BCUT2D eigenvalue weighted by Crippen LogP contribution is 2.92. The Hall–Kier alpha value is -1.59. The van der Waals surface area contributed by atoms with Gasteiger partial charge in [0.2, 0.25) is 5.91 Å². The van der Waals surface area contributed by atoms with Gasteiger partial charge in [0.05, 0.1) is 11.0 Å². The van der Waals surface area contributed by atoms with Crippen LogP contribution in [-0.4, -0.2) is 35.5 Å². The summed E-state index contributed by atoms with van der Waals surface area (Å²) < 4.78 is 5.30. The number of ether oxygens (including phenoxy) is 1. The molecular formula is C20H28N2O4. The number of hydrogen-bond acceptors (Lipinski definition) is 4. The summed E-state index contributed by atoms with van der Waals surface area (Å²) in [5.74, 6) is 3.06. The Labute approximate surface area is 153 Å². The van der Waals surface area contributed by atoms with Gasteiger partial charge < -0.3 is 15.4 Å². The average Bonchev–Trinajstić information content (AvgIpc) is 2.97. The molecule has 6 heteroatoms. The van der Waals surface area contributed by atoms with E-state index in [-0.39, 0.29) is 17.7 Å². The molecule has 6 rings (SSSR count). The summed E-state index contributed by atoms with van der Waals surface area (Å²) in [7, 11) is 0. The molecule has 0 aromatic heterocycles. The maximum atomic E-state index is 13.1. The monoisotopic (exact) mass is 360 g/mol. The summed E-state index contributed by atoms with van der Waals surface area (Å²) in [6.45, 7) is 9.51. The molecule has 0 unspecified atom stereocenters. The molecule has 0 aromatic rings. The Morgan fingerprint density at radius 2 is 1.85 bits per heavy atom. The van der Waals surface area contributed by atoms with E-state index in [1.807, 2.05) is 34.6 Å². The zero-order valence-electron chi connectivity index (χ0n) is 16.1. The van der Waals surface area contributed by atoms with Crippen LogP contribution >= 0.6 is 0 Å². The van der Waals surface area contributed by atoms with Gasteiger partial charge in [-0.25, -0.2) is 4.79 Å². The number of nitrogens with one attached hydrogen (secondary N) is 2. The predicted octanol–water partition coefficient (Wildman–Crippen LogP) is 1.73. The highest BCUT2D eigenvalue weighted by molar-refractivity contribution is 6.04. The van der Waals surface area contributed by atoms with Gasteiger partial charge in [-0.15, -0.1) is 0 Å².